The van der Waals surface area contributed by atoms with Gasteiger partial charge in [0.1, 0.15) is 0 Å². The summed E-state index contributed by atoms with van der Waals surface area (Å²) in [5.74, 6) is -0.160. The zero-order valence-electron chi connectivity index (χ0n) is 14.4. The van der Waals surface area contributed by atoms with Crippen LogP contribution in [-0.2, 0) is 16.1 Å². The minimum absolute atomic E-state index is 0.0710. The van der Waals surface area contributed by atoms with E-state index in [4.69, 9.17) is 0 Å². The minimum Gasteiger partial charge on any atom is -0.352 e. The number of carbonyl (C=O) groups excluding carboxylic acids is 2. The molecular formula is C19H23N3O2. The summed E-state index contributed by atoms with van der Waals surface area (Å²) >= 11 is 0. The molecule has 2 aromatic rings. The van der Waals surface area contributed by atoms with Crippen LogP contribution in [0.25, 0.3) is 0 Å². The van der Waals surface area contributed by atoms with Gasteiger partial charge in [-0.05, 0) is 48.7 Å². The lowest BCUT2D eigenvalue weighted by atomic mass is 10.1. The van der Waals surface area contributed by atoms with Crippen LogP contribution in [-0.4, -0.2) is 23.3 Å². The molecule has 0 saturated heterocycles. The van der Waals surface area contributed by atoms with E-state index in [2.05, 4.69) is 10.3 Å². The third-order valence-electron chi connectivity index (χ3n) is 3.96. The van der Waals surface area contributed by atoms with Gasteiger partial charge in [0.15, 0.2) is 0 Å². The normalized spacial score (nSPS) is 10.3. The Morgan fingerprint density at radius 3 is 2.58 bits per heavy atom. The lowest BCUT2D eigenvalue weighted by molar-refractivity contribution is -0.121. The van der Waals surface area contributed by atoms with Gasteiger partial charge in [-0.3, -0.25) is 14.6 Å². The first kappa shape index (κ1) is 17.7. The van der Waals surface area contributed by atoms with Crippen LogP contribution >= 0.6 is 0 Å². The van der Waals surface area contributed by atoms with Gasteiger partial charge in [0, 0.05) is 44.5 Å². The molecule has 0 unspecified atom stereocenters. The molecular weight excluding hydrogens is 302 g/mol. The maximum absolute atomic E-state index is 12.0. The lowest BCUT2D eigenvalue weighted by Crippen LogP contribution is -2.33. The first-order chi connectivity index (χ1) is 11.5. The number of rotatable bonds is 6. The second kappa shape index (κ2) is 8.24. The first-order valence-electron chi connectivity index (χ1n) is 7.98. The van der Waals surface area contributed by atoms with E-state index in [0.29, 0.717) is 13.1 Å². The highest BCUT2D eigenvalue weighted by Crippen LogP contribution is 2.19. The van der Waals surface area contributed by atoms with E-state index in [0.717, 1.165) is 16.8 Å². The summed E-state index contributed by atoms with van der Waals surface area (Å²) in [4.78, 5) is 29.6. The van der Waals surface area contributed by atoms with Crippen molar-refractivity contribution in [3.63, 3.8) is 0 Å². The van der Waals surface area contributed by atoms with Crippen LogP contribution < -0.4 is 10.2 Å². The fourth-order valence-electron chi connectivity index (χ4n) is 2.37. The largest absolute Gasteiger partial charge is 0.352 e. The summed E-state index contributed by atoms with van der Waals surface area (Å²) in [5.41, 5.74) is 4.07. The van der Waals surface area contributed by atoms with Crippen molar-refractivity contribution in [3.05, 3.63) is 59.4 Å². The quantitative estimate of drug-likeness (QED) is 0.888. The maximum Gasteiger partial charge on any atom is 0.223 e. The average molecular weight is 325 g/mol. The number of aromatic nitrogens is 1. The second-order valence-electron chi connectivity index (χ2n) is 5.83. The Labute approximate surface area is 142 Å². The SMILES string of the molecule is CC(=O)N(CCC(=O)NCc1cccnc1)c1ccc(C)c(C)c1. The molecule has 2 rings (SSSR count). The Morgan fingerprint density at radius 1 is 1.17 bits per heavy atom. The van der Waals surface area contributed by atoms with Crippen molar-refractivity contribution in [2.24, 2.45) is 0 Å². The van der Waals surface area contributed by atoms with Crippen LogP contribution in [0.4, 0.5) is 5.69 Å². The van der Waals surface area contributed by atoms with Crippen LogP contribution in [0.5, 0.6) is 0 Å². The molecule has 0 spiro atoms. The van der Waals surface area contributed by atoms with Crippen LogP contribution in [0, 0.1) is 13.8 Å². The fraction of sp³-hybridized carbons (Fsp3) is 0.316. The molecule has 2 amide bonds. The van der Waals surface area contributed by atoms with Gasteiger partial charge < -0.3 is 10.2 Å². The van der Waals surface area contributed by atoms with E-state index < -0.39 is 0 Å². The molecule has 0 bridgehead atoms. The highest BCUT2D eigenvalue weighted by molar-refractivity contribution is 5.92. The molecule has 5 nitrogen and oxygen atoms in total. The molecule has 0 fully saturated rings. The van der Waals surface area contributed by atoms with E-state index in [1.54, 1.807) is 17.3 Å². The Balaban J connectivity index is 1.92. The number of carbonyl (C=O) groups is 2. The predicted molar refractivity (Wildman–Crippen MR) is 94.6 cm³/mol. The highest BCUT2D eigenvalue weighted by Gasteiger charge is 2.14. The van der Waals surface area contributed by atoms with Crippen LogP contribution in [0.2, 0.25) is 0 Å². The summed E-state index contributed by atoms with van der Waals surface area (Å²) in [6.45, 7) is 6.36. The van der Waals surface area contributed by atoms with E-state index in [1.165, 1.54) is 12.5 Å². The Morgan fingerprint density at radius 2 is 1.96 bits per heavy atom. The van der Waals surface area contributed by atoms with Gasteiger partial charge in [-0.25, -0.2) is 0 Å². The van der Waals surface area contributed by atoms with Crippen molar-refractivity contribution in [2.75, 3.05) is 11.4 Å². The lowest BCUT2D eigenvalue weighted by Gasteiger charge is -2.22. The summed E-state index contributed by atoms with van der Waals surface area (Å²) in [7, 11) is 0. The number of nitrogens with one attached hydrogen (secondary N) is 1. The molecule has 1 aromatic heterocycles. The molecule has 5 heteroatoms. The smallest absolute Gasteiger partial charge is 0.223 e. The molecule has 1 heterocycles. The number of nitrogens with zero attached hydrogens (tertiary/aromatic N) is 2. The molecule has 1 aromatic carbocycles. The zero-order valence-corrected chi connectivity index (χ0v) is 14.4. The van der Waals surface area contributed by atoms with Crippen LogP contribution in [0.3, 0.4) is 0 Å². The molecule has 0 saturated carbocycles. The van der Waals surface area contributed by atoms with Crippen LogP contribution in [0.15, 0.2) is 42.7 Å². The van der Waals surface area contributed by atoms with Crippen molar-refractivity contribution in [3.8, 4) is 0 Å². The molecule has 0 radical (unpaired) electrons. The number of aryl methyl sites for hydroxylation is 2. The van der Waals surface area contributed by atoms with Crippen molar-refractivity contribution >= 4 is 17.5 Å². The molecule has 0 atom stereocenters. The number of amides is 2. The summed E-state index contributed by atoms with van der Waals surface area (Å²) in [5, 5.41) is 2.85. The standard InChI is InChI=1S/C19H23N3O2/c1-14-6-7-18(11-15(14)2)22(16(3)23)10-8-19(24)21-13-17-5-4-9-20-12-17/h4-7,9,11-12H,8,10,13H2,1-3H3,(H,21,24). The Kier molecular flexibility index (Phi) is 6.07. The highest BCUT2D eigenvalue weighted by atomic mass is 16.2. The maximum atomic E-state index is 12.0. The molecule has 126 valence electrons. The van der Waals surface area contributed by atoms with Gasteiger partial charge in [-0.1, -0.05) is 12.1 Å². The van der Waals surface area contributed by atoms with Crippen molar-refractivity contribution in [1.82, 2.24) is 10.3 Å². The van der Waals surface area contributed by atoms with Gasteiger partial charge in [-0.15, -0.1) is 0 Å². The Bertz CT molecular complexity index is 714. The molecule has 0 aliphatic rings. The van der Waals surface area contributed by atoms with Gasteiger partial charge in [-0.2, -0.15) is 0 Å². The molecule has 0 aliphatic carbocycles. The molecule has 24 heavy (non-hydrogen) atoms. The zero-order chi connectivity index (χ0) is 17.5. The van der Waals surface area contributed by atoms with Gasteiger partial charge in [0.05, 0.1) is 0 Å². The minimum atomic E-state index is -0.0889. The summed E-state index contributed by atoms with van der Waals surface area (Å²) in [6, 6.07) is 9.62. The number of hydrogen-bond acceptors (Lipinski definition) is 3. The Hall–Kier alpha value is -2.69. The third kappa shape index (κ3) is 4.91. The molecule has 0 aliphatic heterocycles. The van der Waals surface area contributed by atoms with Gasteiger partial charge in [0.25, 0.3) is 0 Å². The number of pyridine rings is 1. The van der Waals surface area contributed by atoms with Gasteiger partial charge >= 0.3 is 0 Å². The summed E-state index contributed by atoms with van der Waals surface area (Å²) < 4.78 is 0. The average Bonchev–Trinajstić information content (AvgIpc) is 2.57. The van der Waals surface area contributed by atoms with Crippen molar-refractivity contribution in [2.45, 2.75) is 33.7 Å². The first-order valence-corrected chi connectivity index (χ1v) is 7.98. The summed E-state index contributed by atoms with van der Waals surface area (Å²) in [6.07, 6.45) is 3.67. The van der Waals surface area contributed by atoms with Crippen molar-refractivity contribution in [1.29, 1.82) is 0 Å². The third-order valence-corrected chi connectivity index (χ3v) is 3.96. The van der Waals surface area contributed by atoms with E-state index >= 15 is 0 Å². The fourth-order valence-corrected chi connectivity index (χ4v) is 2.37. The number of anilines is 1. The van der Waals surface area contributed by atoms with Gasteiger partial charge in [0.2, 0.25) is 11.8 Å². The number of benzene rings is 1. The topological polar surface area (TPSA) is 62.3 Å². The second-order valence-corrected chi connectivity index (χ2v) is 5.83. The molecule has 1 N–H and O–H groups in total. The monoisotopic (exact) mass is 325 g/mol. The predicted octanol–water partition coefficient (Wildman–Crippen LogP) is 2.76. The van der Waals surface area contributed by atoms with Crippen molar-refractivity contribution < 1.29 is 9.59 Å². The number of hydrogen-bond donors (Lipinski definition) is 1. The van der Waals surface area contributed by atoms with E-state index in [-0.39, 0.29) is 18.2 Å². The van der Waals surface area contributed by atoms with E-state index in [1.807, 2.05) is 44.2 Å². The van der Waals surface area contributed by atoms with Crippen LogP contribution in [0.1, 0.15) is 30.0 Å². The van der Waals surface area contributed by atoms with E-state index in [9.17, 15) is 9.59 Å².